The fourth-order valence-electron chi connectivity index (χ4n) is 2.08. The van der Waals surface area contributed by atoms with Crippen LogP contribution >= 0.6 is 0 Å². The quantitative estimate of drug-likeness (QED) is 0.768. The van der Waals surface area contributed by atoms with Gasteiger partial charge in [-0.1, -0.05) is 30.3 Å². The summed E-state index contributed by atoms with van der Waals surface area (Å²) < 4.78 is 31.5. The summed E-state index contributed by atoms with van der Waals surface area (Å²) in [6.45, 7) is 0. The number of pyridine rings is 1. The standard InChI is InChI=1S/C16H12F2N2O/c17-16(18)13-9-12(19)11-7-4-8-14(15(11)20-13)21-10-5-2-1-3-6-10/h1-9,16H,(H2,19,20). The fraction of sp³-hybridized carbons (Fsp3) is 0.0625. The topological polar surface area (TPSA) is 48.1 Å². The molecule has 0 fully saturated rings. The van der Waals surface area contributed by atoms with Crippen molar-refractivity contribution < 1.29 is 13.5 Å². The van der Waals surface area contributed by atoms with E-state index in [1.54, 1.807) is 30.3 Å². The maximum atomic E-state index is 12.9. The third-order valence-electron chi connectivity index (χ3n) is 3.05. The molecule has 1 heterocycles. The smallest absolute Gasteiger partial charge is 0.280 e. The van der Waals surface area contributed by atoms with Crippen molar-refractivity contribution in [1.82, 2.24) is 4.98 Å². The lowest BCUT2D eigenvalue weighted by Crippen LogP contribution is -1.97. The SMILES string of the molecule is Nc1cc(C(F)F)nc2c(Oc3ccccc3)cccc12. The van der Waals surface area contributed by atoms with Crippen molar-refractivity contribution in [2.45, 2.75) is 6.43 Å². The summed E-state index contributed by atoms with van der Waals surface area (Å²) in [5.74, 6) is 1.00. The second-order valence-corrected chi connectivity index (χ2v) is 4.50. The second kappa shape index (κ2) is 5.36. The molecule has 0 saturated heterocycles. The van der Waals surface area contributed by atoms with Crippen molar-refractivity contribution in [1.29, 1.82) is 0 Å². The zero-order valence-electron chi connectivity index (χ0n) is 11.0. The molecule has 106 valence electrons. The predicted molar refractivity (Wildman–Crippen MR) is 77.6 cm³/mol. The lowest BCUT2D eigenvalue weighted by Gasteiger charge is -2.11. The van der Waals surface area contributed by atoms with Crippen molar-refractivity contribution in [3.63, 3.8) is 0 Å². The molecule has 2 N–H and O–H groups in total. The van der Waals surface area contributed by atoms with E-state index in [2.05, 4.69) is 4.98 Å². The zero-order chi connectivity index (χ0) is 14.8. The molecule has 21 heavy (non-hydrogen) atoms. The van der Waals surface area contributed by atoms with Crippen LogP contribution in [-0.2, 0) is 0 Å². The summed E-state index contributed by atoms with van der Waals surface area (Å²) in [6.07, 6.45) is -2.68. The van der Waals surface area contributed by atoms with Crippen molar-refractivity contribution >= 4 is 16.6 Å². The molecular weight excluding hydrogens is 274 g/mol. The van der Waals surface area contributed by atoms with E-state index in [-0.39, 0.29) is 11.4 Å². The Morgan fingerprint density at radius 3 is 2.48 bits per heavy atom. The molecular formula is C16H12F2N2O. The minimum absolute atomic E-state index is 0.258. The number of benzene rings is 2. The largest absolute Gasteiger partial charge is 0.455 e. The highest BCUT2D eigenvalue weighted by Crippen LogP contribution is 2.33. The average molecular weight is 286 g/mol. The van der Waals surface area contributed by atoms with Crippen LogP contribution in [0.3, 0.4) is 0 Å². The minimum atomic E-state index is -2.68. The van der Waals surface area contributed by atoms with Gasteiger partial charge in [0.1, 0.15) is 17.0 Å². The van der Waals surface area contributed by atoms with Crippen LogP contribution in [0.4, 0.5) is 14.5 Å². The minimum Gasteiger partial charge on any atom is -0.455 e. The van der Waals surface area contributed by atoms with Gasteiger partial charge in [0.15, 0.2) is 5.75 Å². The van der Waals surface area contributed by atoms with Crippen molar-refractivity contribution in [3.05, 3.63) is 60.3 Å². The van der Waals surface area contributed by atoms with Gasteiger partial charge in [0, 0.05) is 11.1 Å². The molecule has 2 aromatic carbocycles. The molecule has 0 radical (unpaired) electrons. The van der Waals surface area contributed by atoms with Gasteiger partial charge in [-0.05, 0) is 24.3 Å². The van der Waals surface area contributed by atoms with Crippen LogP contribution in [0.5, 0.6) is 11.5 Å². The molecule has 0 unspecified atom stereocenters. The molecule has 3 aromatic rings. The van der Waals surface area contributed by atoms with E-state index < -0.39 is 6.43 Å². The summed E-state index contributed by atoms with van der Waals surface area (Å²) >= 11 is 0. The Labute approximate surface area is 120 Å². The van der Waals surface area contributed by atoms with Gasteiger partial charge in [-0.2, -0.15) is 0 Å². The van der Waals surface area contributed by atoms with Crippen LogP contribution in [0.2, 0.25) is 0 Å². The van der Waals surface area contributed by atoms with Crippen LogP contribution in [0.1, 0.15) is 12.1 Å². The number of anilines is 1. The number of para-hydroxylation sites is 2. The van der Waals surface area contributed by atoms with Crippen molar-refractivity contribution in [2.75, 3.05) is 5.73 Å². The number of halogens is 2. The number of aromatic nitrogens is 1. The van der Waals surface area contributed by atoms with Crippen LogP contribution in [0.15, 0.2) is 54.6 Å². The molecule has 0 aliphatic heterocycles. The van der Waals surface area contributed by atoms with E-state index in [9.17, 15) is 8.78 Å². The number of hydrogen-bond acceptors (Lipinski definition) is 3. The van der Waals surface area contributed by atoms with Gasteiger partial charge in [-0.3, -0.25) is 0 Å². The molecule has 3 rings (SSSR count). The Balaban J connectivity index is 2.14. The summed E-state index contributed by atoms with van der Waals surface area (Å²) in [4.78, 5) is 3.98. The van der Waals surface area contributed by atoms with Crippen molar-refractivity contribution in [2.24, 2.45) is 0 Å². The van der Waals surface area contributed by atoms with Crippen LogP contribution in [0.25, 0.3) is 10.9 Å². The van der Waals surface area contributed by atoms with Crippen molar-refractivity contribution in [3.8, 4) is 11.5 Å². The van der Waals surface area contributed by atoms with E-state index in [1.807, 2.05) is 18.2 Å². The van der Waals surface area contributed by atoms with Gasteiger partial charge >= 0.3 is 0 Å². The third kappa shape index (κ3) is 2.63. The lowest BCUT2D eigenvalue weighted by atomic mass is 10.1. The molecule has 1 aromatic heterocycles. The molecule has 0 saturated carbocycles. The Bertz CT molecular complexity index is 776. The first-order valence-corrected chi connectivity index (χ1v) is 6.35. The molecule has 5 heteroatoms. The number of ether oxygens (including phenoxy) is 1. The Morgan fingerprint density at radius 1 is 1.00 bits per heavy atom. The number of hydrogen-bond donors (Lipinski definition) is 1. The van der Waals surface area contributed by atoms with E-state index in [1.165, 1.54) is 6.07 Å². The normalized spacial score (nSPS) is 11.0. The molecule has 0 amide bonds. The molecule has 0 aliphatic carbocycles. The first kappa shape index (κ1) is 13.3. The Hall–Kier alpha value is -2.69. The van der Waals surface area contributed by atoms with E-state index in [0.717, 1.165) is 0 Å². The number of nitrogens with zero attached hydrogens (tertiary/aromatic N) is 1. The Kier molecular flexibility index (Phi) is 3.39. The van der Waals surface area contributed by atoms with E-state index in [0.29, 0.717) is 22.4 Å². The van der Waals surface area contributed by atoms with Crippen LogP contribution in [-0.4, -0.2) is 4.98 Å². The van der Waals surface area contributed by atoms with Gasteiger partial charge in [0.25, 0.3) is 6.43 Å². The summed E-state index contributed by atoms with van der Waals surface area (Å²) in [7, 11) is 0. The molecule has 0 aliphatic rings. The monoisotopic (exact) mass is 286 g/mol. The number of rotatable bonds is 3. The highest BCUT2D eigenvalue weighted by atomic mass is 19.3. The summed E-state index contributed by atoms with van der Waals surface area (Å²) in [6, 6.07) is 15.4. The number of nitrogens with two attached hydrogens (primary N) is 1. The highest BCUT2D eigenvalue weighted by Gasteiger charge is 2.14. The molecule has 0 spiro atoms. The summed E-state index contributed by atoms with van der Waals surface area (Å²) in [5.41, 5.74) is 6.06. The zero-order valence-corrected chi connectivity index (χ0v) is 11.0. The van der Waals surface area contributed by atoms with Gasteiger partial charge in [-0.25, -0.2) is 13.8 Å². The highest BCUT2D eigenvalue weighted by molar-refractivity contribution is 5.94. The van der Waals surface area contributed by atoms with Crippen LogP contribution in [0, 0.1) is 0 Å². The van der Waals surface area contributed by atoms with E-state index in [4.69, 9.17) is 10.5 Å². The lowest BCUT2D eigenvalue weighted by molar-refractivity contribution is 0.146. The summed E-state index contributed by atoms with van der Waals surface area (Å²) in [5, 5.41) is 0.591. The Morgan fingerprint density at radius 2 is 1.76 bits per heavy atom. The maximum Gasteiger partial charge on any atom is 0.280 e. The second-order valence-electron chi connectivity index (χ2n) is 4.50. The molecule has 3 nitrogen and oxygen atoms in total. The maximum absolute atomic E-state index is 12.9. The third-order valence-corrected chi connectivity index (χ3v) is 3.05. The van der Waals surface area contributed by atoms with Gasteiger partial charge in [0.2, 0.25) is 0 Å². The molecule has 0 atom stereocenters. The first-order chi connectivity index (χ1) is 10.1. The first-order valence-electron chi connectivity index (χ1n) is 6.35. The number of alkyl halides is 2. The fourth-order valence-corrected chi connectivity index (χ4v) is 2.08. The number of nitrogen functional groups attached to an aromatic ring is 1. The number of fused-ring (bicyclic) bond motifs is 1. The van der Waals surface area contributed by atoms with Gasteiger partial charge in [0.05, 0.1) is 0 Å². The van der Waals surface area contributed by atoms with Gasteiger partial charge in [-0.15, -0.1) is 0 Å². The van der Waals surface area contributed by atoms with Gasteiger partial charge < -0.3 is 10.5 Å². The predicted octanol–water partition coefficient (Wildman–Crippen LogP) is 4.55. The average Bonchev–Trinajstić information content (AvgIpc) is 2.49. The van der Waals surface area contributed by atoms with Crippen LogP contribution < -0.4 is 10.5 Å². The van der Waals surface area contributed by atoms with E-state index >= 15 is 0 Å². The molecule has 0 bridgehead atoms.